The number of hydrogen-bond donors (Lipinski definition) is 4. The molecular formula is C17H19N5O6S2. The summed E-state index contributed by atoms with van der Waals surface area (Å²) in [5.74, 6) is -2.06. The monoisotopic (exact) mass is 453 g/mol. The zero-order valence-corrected chi connectivity index (χ0v) is 17.4. The predicted octanol–water partition coefficient (Wildman–Crippen LogP) is -0.247. The van der Waals surface area contributed by atoms with Gasteiger partial charge in [0.15, 0.2) is 10.8 Å². The third kappa shape index (κ3) is 4.17. The molecule has 0 spiro atoms. The Labute approximate surface area is 179 Å². The molecule has 0 aliphatic carbocycles. The summed E-state index contributed by atoms with van der Waals surface area (Å²) in [6.07, 6.45) is 3.46. The van der Waals surface area contributed by atoms with E-state index in [9.17, 15) is 19.5 Å². The standard InChI is InChI=1S/C17H19N5O6S2/c1-28-21-10(9-7-30-17(18)19-9)13(24)20-11-14(25)22-12(16(26)27)8(4-2-3-5-23)6-29-15(11)22/h2-3,7,11,15,23H,4-6H2,1H3,(H2,18,19)(H,20,24)(H,26,27)/b3-2-,21-10+/t11-,15-/m1/s1. The zero-order valence-electron chi connectivity index (χ0n) is 15.8. The third-order valence-electron chi connectivity index (χ3n) is 4.33. The van der Waals surface area contributed by atoms with Gasteiger partial charge in [-0.1, -0.05) is 17.3 Å². The minimum absolute atomic E-state index is 0.0881. The molecule has 2 aliphatic rings. The van der Waals surface area contributed by atoms with Crippen molar-refractivity contribution in [3.63, 3.8) is 0 Å². The van der Waals surface area contributed by atoms with Crippen LogP contribution in [0.1, 0.15) is 12.1 Å². The highest BCUT2D eigenvalue weighted by atomic mass is 32.2. The number of nitrogens with zero attached hydrogens (tertiary/aromatic N) is 3. The summed E-state index contributed by atoms with van der Waals surface area (Å²) in [6, 6.07) is -0.913. The van der Waals surface area contributed by atoms with Crippen molar-refractivity contribution in [3.8, 4) is 0 Å². The maximum absolute atomic E-state index is 12.7. The lowest BCUT2D eigenvalue weighted by atomic mass is 10.0. The van der Waals surface area contributed by atoms with Crippen LogP contribution in [0.4, 0.5) is 5.13 Å². The molecule has 0 saturated carbocycles. The van der Waals surface area contributed by atoms with Gasteiger partial charge in [-0.25, -0.2) is 9.78 Å². The number of thioether (sulfide) groups is 1. The lowest BCUT2D eigenvalue weighted by Crippen LogP contribution is -2.71. The minimum atomic E-state index is -1.22. The number of carbonyl (C=O) groups is 3. The molecule has 13 heteroatoms. The molecule has 3 rings (SSSR count). The Morgan fingerprint density at radius 3 is 2.87 bits per heavy atom. The summed E-state index contributed by atoms with van der Waals surface area (Å²) in [4.78, 5) is 47.0. The molecule has 0 unspecified atom stereocenters. The second-order valence-corrected chi connectivity index (χ2v) is 8.16. The minimum Gasteiger partial charge on any atom is -0.477 e. The van der Waals surface area contributed by atoms with Crippen molar-refractivity contribution in [2.75, 3.05) is 25.2 Å². The molecule has 2 amide bonds. The van der Waals surface area contributed by atoms with Gasteiger partial charge in [-0.3, -0.25) is 14.5 Å². The number of rotatable bonds is 8. The summed E-state index contributed by atoms with van der Waals surface area (Å²) in [5.41, 5.74) is 6.14. The lowest BCUT2D eigenvalue weighted by Gasteiger charge is -2.49. The van der Waals surface area contributed by atoms with Crippen LogP contribution >= 0.6 is 23.1 Å². The first-order chi connectivity index (χ1) is 14.4. The number of hydrogen-bond acceptors (Lipinski definition) is 10. The topological polar surface area (TPSA) is 167 Å². The fraction of sp³-hybridized carbons (Fsp3) is 0.353. The van der Waals surface area contributed by atoms with Crippen LogP contribution in [0.5, 0.6) is 0 Å². The van der Waals surface area contributed by atoms with Gasteiger partial charge in [-0.15, -0.1) is 23.1 Å². The number of β-lactam (4-membered cyclic amide) rings is 1. The lowest BCUT2D eigenvalue weighted by molar-refractivity contribution is -0.150. The highest BCUT2D eigenvalue weighted by Crippen LogP contribution is 2.41. The Balaban J connectivity index is 1.77. The van der Waals surface area contributed by atoms with Crippen LogP contribution in [-0.4, -0.2) is 74.5 Å². The van der Waals surface area contributed by atoms with Crippen LogP contribution in [0.3, 0.4) is 0 Å². The molecule has 1 aromatic rings. The van der Waals surface area contributed by atoms with Gasteiger partial charge in [0.05, 0.1) is 6.61 Å². The van der Waals surface area contributed by atoms with Gasteiger partial charge in [0.25, 0.3) is 11.8 Å². The Hall–Kier alpha value is -2.90. The van der Waals surface area contributed by atoms with Crippen molar-refractivity contribution >= 4 is 51.7 Å². The molecule has 0 aromatic carbocycles. The summed E-state index contributed by atoms with van der Waals surface area (Å²) < 4.78 is 0. The number of nitrogens with two attached hydrogens (primary N) is 1. The summed E-state index contributed by atoms with van der Waals surface area (Å²) >= 11 is 2.47. The highest BCUT2D eigenvalue weighted by Gasteiger charge is 2.54. The largest absolute Gasteiger partial charge is 0.477 e. The van der Waals surface area contributed by atoms with E-state index in [1.165, 1.54) is 35.2 Å². The average molecular weight is 454 g/mol. The number of aromatic nitrogens is 1. The molecule has 160 valence electrons. The van der Waals surface area contributed by atoms with E-state index in [-0.39, 0.29) is 28.8 Å². The number of aliphatic hydroxyl groups is 1. The number of nitrogens with one attached hydrogen (secondary N) is 1. The number of carboxylic acids is 1. The molecule has 0 bridgehead atoms. The fourth-order valence-electron chi connectivity index (χ4n) is 3.04. The number of thiazole rings is 1. The number of anilines is 1. The molecule has 2 atom stereocenters. The van der Waals surface area contributed by atoms with E-state index in [1.54, 1.807) is 6.08 Å². The third-order valence-corrected chi connectivity index (χ3v) is 6.35. The van der Waals surface area contributed by atoms with Crippen molar-refractivity contribution in [3.05, 3.63) is 34.5 Å². The SMILES string of the molecule is CO/N=C(/C(=O)N[C@@H]1C(=O)N2C(C(=O)O)=C(C/C=C\CO)CS[C@H]12)c1csc(N)n1. The van der Waals surface area contributed by atoms with Gasteiger partial charge in [0, 0.05) is 11.1 Å². The molecule has 11 nitrogen and oxygen atoms in total. The van der Waals surface area contributed by atoms with Crippen molar-refractivity contribution in [2.45, 2.75) is 17.8 Å². The Bertz CT molecular complexity index is 956. The van der Waals surface area contributed by atoms with Crippen LogP contribution in [0, 0.1) is 0 Å². The number of oxime groups is 1. The van der Waals surface area contributed by atoms with E-state index < -0.39 is 29.2 Å². The van der Waals surface area contributed by atoms with E-state index in [2.05, 4.69) is 15.5 Å². The van der Waals surface area contributed by atoms with E-state index >= 15 is 0 Å². The number of carbonyl (C=O) groups excluding carboxylic acids is 2. The molecule has 1 aromatic heterocycles. The molecule has 0 radical (unpaired) electrons. The number of allylic oxidation sites excluding steroid dienone is 1. The second kappa shape index (κ2) is 9.28. The Morgan fingerprint density at radius 2 is 2.27 bits per heavy atom. The highest BCUT2D eigenvalue weighted by molar-refractivity contribution is 8.00. The van der Waals surface area contributed by atoms with E-state index in [0.717, 1.165) is 11.3 Å². The van der Waals surface area contributed by atoms with Gasteiger partial charge in [0.1, 0.15) is 29.9 Å². The number of amides is 2. The quantitative estimate of drug-likeness (QED) is 0.180. The molecular weight excluding hydrogens is 434 g/mol. The van der Waals surface area contributed by atoms with Crippen molar-refractivity contribution in [2.24, 2.45) is 5.16 Å². The number of fused-ring (bicyclic) bond motifs is 1. The number of aliphatic carboxylic acids is 1. The summed E-state index contributed by atoms with van der Waals surface area (Å²) in [5, 5.41) is 25.9. The normalized spacial score (nSPS) is 21.5. The van der Waals surface area contributed by atoms with Gasteiger partial charge in [-0.2, -0.15) is 0 Å². The zero-order chi connectivity index (χ0) is 21.8. The molecule has 1 fully saturated rings. The summed E-state index contributed by atoms with van der Waals surface area (Å²) in [6.45, 7) is -0.155. The number of nitrogen functional groups attached to an aromatic ring is 1. The van der Waals surface area contributed by atoms with Crippen molar-refractivity contribution in [1.29, 1.82) is 0 Å². The Kier molecular flexibility index (Phi) is 6.74. The van der Waals surface area contributed by atoms with Crippen LogP contribution in [-0.2, 0) is 19.2 Å². The predicted molar refractivity (Wildman–Crippen MR) is 111 cm³/mol. The van der Waals surface area contributed by atoms with Crippen LogP contribution in [0.15, 0.2) is 34.0 Å². The van der Waals surface area contributed by atoms with E-state index in [1.807, 2.05) is 0 Å². The van der Waals surface area contributed by atoms with Gasteiger partial charge in [0.2, 0.25) is 0 Å². The van der Waals surface area contributed by atoms with Crippen LogP contribution in [0.2, 0.25) is 0 Å². The van der Waals surface area contributed by atoms with Gasteiger partial charge >= 0.3 is 5.97 Å². The smallest absolute Gasteiger partial charge is 0.352 e. The maximum Gasteiger partial charge on any atom is 0.352 e. The Morgan fingerprint density at radius 1 is 1.50 bits per heavy atom. The van der Waals surface area contributed by atoms with Crippen LogP contribution in [0.25, 0.3) is 0 Å². The van der Waals surface area contributed by atoms with E-state index in [0.29, 0.717) is 17.7 Å². The van der Waals surface area contributed by atoms with Crippen molar-refractivity contribution in [1.82, 2.24) is 15.2 Å². The second-order valence-electron chi connectivity index (χ2n) is 6.17. The van der Waals surface area contributed by atoms with Crippen molar-refractivity contribution < 1.29 is 29.4 Å². The molecule has 3 heterocycles. The van der Waals surface area contributed by atoms with E-state index in [4.69, 9.17) is 15.7 Å². The first kappa shape index (κ1) is 21.8. The molecule has 2 aliphatic heterocycles. The average Bonchev–Trinajstić information content (AvgIpc) is 3.15. The molecule has 30 heavy (non-hydrogen) atoms. The number of aliphatic hydroxyl groups excluding tert-OH is 1. The first-order valence-electron chi connectivity index (χ1n) is 8.68. The molecule has 5 N–H and O–H groups in total. The maximum atomic E-state index is 12.7. The van der Waals surface area contributed by atoms with Gasteiger partial charge < -0.3 is 26.1 Å². The summed E-state index contributed by atoms with van der Waals surface area (Å²) in [7, 11) is 1.27. The van der Waals surface area contributed by atoms with Gasteiger partial charge in [-0.05, 0) is 12.0 Å². The fourth-order valence-corrected chi connectivity index (χ4v) is 4.95. The number of carboxylic acid groups (broad SMARTS) is 1. The molecule has 1 saturated heterocycles. The van der Waals surface area contributed by atoms with Crippen LogP contribution < -0.4 is 11.1 Å². The first-order valence-corrected chi connectivity index (χ1v) is 10.6.